The van der Waals surface area contributed by atoms with Gasteiger partial charge in [0.1, 0.15) is 18.3 Å². The summed E-state index contributed by atoms with van der Waals surface area (Å²) in [6.07, 6.45) is 2.99. The highest BCUT2D eigenvalue weighted by atomic mass is 79.9. The Hall–Kier alpha value is -3.59. The van der Waals surface area contributed by atoms with Gasteiger partial charge in [0.05, 0.1) is 11.9 Å². The van der Waals surface area contributed by atoms with Crippen molar-refractivity contribution in [1.29, 1.82) is 0 Å². The molecule has 0 unspecified atom stereocenters. The molecule has 8 nitrogen and oxygen atoms in total. The summed E-state index contributed by atoms with van der Waals surface area (Å²) < 4.78 is 9.32. The lowest BCUT2D eigenvalue weighted by atomic mass is 10.2. The lowest BCUT2D eigenvalue weighted by molar-refractivity contribution is 0.369. The lowest BCUT2D eigenvalue weighted by Crippen LogP contribution is -2.21. The molecular weight excluding hydrogens is 436 g/mol. The van der Waals surface area contributed by atoms with E-state index >= 15 is 0 Å². The summed E-state index contributed by atoms with van der Waals surface area (Å²) in [4.78, 5) is 21.7. The number of hydrogen-bond acceptors (Lipinski definition) is 6. The molecule has 142 valence electrons. The minimum atomic E-state index is -0.224. The van der Waals surface area contributed by atoms with Crippen molar-refractivity contribution in [3.63, 3.8) is 0 Å². The molecule has 0 aliphatic carbocycles. The average Bonchev–Trinajstić information content (AvgIpc) is 3.39. The van der Waals surface area contributed by atoms with Crippen LogP contribution in [0.2, 0.25) is 0 Å². The summed E-state index contributed by atoms with van der Waals surface area (Å²) in [5.74, 6) is 0.804. The molecule has 3 aromatic heterocycles. The van der Waals surface area contributed by atoms with Gasteiger partial charge in [-0.25, -0.2) is 9.67 Å². The Morgan fingerprint density at radius 2 is 1.83 bits per heavy atom. The number of aromatic nitrogens is 6. The number of nitrogens with zero attached hydrogens (tertiary/aromatic N) is 6. The summed E-state index contributed by atoms with van der Waals surface area (Å²) >= 11 is 3.41. The molecule has 0 amide bonds. The molecule has 0 spiro atoms. The molecule has 0 saturated carbocycles. The van der Waals surface area contributed by atoms with Gasteiger partial charge in [0.25, 0.3) is 5.56 Å². The second-order valence-electron chi connectivity index (χ2n) is 6.33. The minimum absolute atomic E-state index is 0.130. The standard InChI is InChI=1S/C20H13BrN6O2/c21-14-6-8-15(9-7-14)27-19-16(10-23-27)20(28)26(12-22-19)11-17-24-18(25-29-17)13-4-2-1-3-5-13/h1-10,12H,11H2. The maximum absolute atomic E-state index is 12.9. The highest BCUT2D eigenvalue weighted by Gasteiger charge is 2.14. The monoisotopic (exact) mass is 448 g/mol. The lowest BCUT2D eigenvalue weighted by Gasteiger charge is -2.04. The van der Waals surface area contributed by atoms with Crippen molar-refractivity contribution in [2.45, 2.75) is 6.54 Å². The van der Waals surface area contributed by atoms with Crippen LogP contribution in [0.1, 0.15) is 5.89 Å². The molecule has 0 fully saturated rings. The third kappa shape index (κ3) is 3.25. The van der Waals surface area contributed by atoms with Gasteiger partial charge in [-0.05, 0) is 24.3 Å². The van der Waals surface area contributed by atoms with Crippen molar-refractivity contribution in [2.75, 3.05) is 0 Å². The molecule has 0 aliphatic rings. The summed E-state index contributed by atoms with van der Waals surface area (Å²) in [5.41, 5.74) is 1.93. The highest BCUT2D eigenvalue weighted by molar-refractivity contribution is 9.10. The summed E-state index contributed by atoms with van der Waals surface area (Å²) in [7, 11) is 0. The Kier molecular flexibility index (Phi) is 4.28. The molecule has 2 aromatic carbocycles. The summed E-state index contributed by atoms with van der Waals surface area (Å²) in [6, 6.07) is 17.1. The second-order valence-corrected chi connectivity index (χ2v) is 7.24. The van der Waals surface area contributed by atoms with E-state index in [1.165, 1.54) is 17.1 Å². The first-order chi connectivity index (χ1) is 14.2. The van der Waals surface area contributed by atoms with E-state index in [2.05, 4.69) is 36.2 Å². The minimum Gasteiger partial charge on any atom is -0.337 e. The van der Waals surface area contributed by atoms with Gasteiger partial charge in [-0.15, -0.1) is 0 Å². The topological polar surface area (TPSA) is 91.6 Å². The molecule has 0 N–H and O–H groups in total. The molecule has 5 rings (SSSR count). The van der Waals surface area contributed by atoms with E-state index in [1.807, 2.05) is 54.6 Å². The zero-order valence-electron chi connectivity index (χ0n) is 14.9. The van der Waals surface area contributed by atoms with Crippen LogP contribution >= 0.6 is 15.9 Å². The Balaban J connectivity index is 1.48. The fourth-order valence-electron chi connectivity index (χ4n) is 3.00. The van der Waals surface area contributed by atoms with Gasteiger partial charge in [0, 0.05) is 10.0 Å². The molecular formula is C20H13BrN6O2. The Morgan fingerprint density at radius 3 is 2.62 bits per heavy atom. The van der Waals surface area contributed by atoms with Gasteiger partial charge in [-0.1, -0.05) is 51.4 Å². The molecule has 0 aliphatic heterocycles. The Labute approximate surface area is 172 Å². The van der Waals surface area contributed by atoms with Crippen LogP contribution in [-0.4, -0.2) is 29.5 Å². The van der Waals surface area contributed by atoms with Crippen molar-refractivity contribution in [3.05, 3.63) is 87.8 Å². The Morgan fingerprint density at radius 1 is 1.03 bits per heavy atom. The molecule has 29 heavy (non-hydrogen) atoms. The van der Waals surface area contributed by atoms with Crippen LogP contribution in [0, 0.1) is 0 Å². The maximum atomic E-state index is 12.9. The van der Waals surface area contributed by atoms with Gasteiger partial charge in [-0.2, -0.15) is 10.1 Å². The first kappa shape index (κ1) is 17.5. The highest BCUT2D eigenvalue weighted by Crippen LogP contribution is 2.18. The van der Waals surface area contributed by atoms with Crippen LogP contribution in [0.3, 0.4) is 0 Å². The fraction of sp³-hybridized carbons (Fsp3) is 0.0500. The zero-order valence-corrected chi connectivity index (χ0v) is 16.5. The molecule has 0 radical (unpaired) electrons. The Bertz CT molecular complexity index is 1360. The summed E-state index contributed by atoms with van der Waals surface area (Å²) in [6.45, 7) is 0.130. The van der Waals surface area contributed by atoms with E-state index in [9.17, 15) is 4.79 Å². The molecule has 5 aromatic rings. The molecule has 9 heteroatoms. The fourth-order valence-corrected chi connectivity index (χ4v) is 3.27. The molecule has 0 atom stereocenters. The predicted molar refractivity (Wildman–Crippen MR) is 110 cm³/mol. The third-order valence-electron chi connectivity index (χ3n) is 4.43. The normalized spacial score (nSPS) is 11.2. The van der Waals surface area contributed by atoms with Crippen molar-refractivity contribution >= 4 is 27.0 Å². The van der Waals surface area contributed by atoms with Gasteiger partial charge in [0.2, 0.25) is 11.7 Å². The molecule has 0 bridgehead atoms. The summed E-state index contributed by atoms with van der Waals surface area (Å²) in [5, 5.41) is 8.72. The van der Waals surface area contributed by atoms with E-state index in [-0.39, 0.29) is 12.1 Å². The quantitative estimate of drug-likeness (QED) is 0.418. The third-order valence-corrected chi connectivity index (χ3v) is 4.96. The van der Waals surface area contributed by atoms with Gasteiger partial charge >= 0.3 is 0 Å². The number of benzene rings is 2. The predicted octanol–water partition coefficient (Wildman–Crippen LogP) is 3.44. The maximum Gasteiger partial charge on any atom is 0.264 e. The van der Waals surface area contributed by atoms with Crippen LogP contribution in [-0.2, 0) is 6.54 Å². The van der Waals surface area contributed by atoms with Crippen molar-refractivity contribution in [2.24, 2.45) is 0 Å². The van der Waals surface area contributed by atoms with Crippen molar-refractivity contribution in [3.8, 4) is 17.1 Å². The van der Waals surface area contributed by atoms with Gasteiger partial charge in [0.15, 0.2) is 5.65 Å². The van der Waals surface area contributed by atoms with Gasteiger partial charge in [-0.3, -0.25) is 9.36 Å². The average molecular weight is 449 g/mol. The van der Waals surface area contributed by atoms with Crippen molar-refractivity contribution < 1.29 is 4.52 Å². The van der Waals surface area contributed by atoms with E-state index in [4.69, 9.17) is 4.52 Å². The van der Waals surface area contributed by atoms with E-state index in [0.29, 0.717) is 22.7 Å². The SMILES string of the molecule is O=c1c2cnn(-c3ccc(Br)cc3)c2ncn1Cc1nc(-c2ccccc2)no1. The smallest absolute Gasteiger partial charge is 0.264 e. The molecule has 3 heterocycles. The van der Waals surface area contributed by atoms with Crippen LogP contribution < -0.4 is 5.56 Å². The van der Waals surface area contributed by atoms with E-state index < -0.39 is 0 Å². The van der Waals surface area contributed by atoms with Gasteiger partial charge < -0.3 is 4.52 Å². The zero-order chi connectivity index (χ0) is 19.8. The van der Waals surface area contributed by atoms with Crippen molar-refractivity contribution in [1.82, 2.24) is 29.5 Å². The van der Waals surface area contributed by atoms with Crippen LogP contribution in [0.25, 0.3) is 28.1 Å². The number of halogens is 1. The first-order valence-electron chi connectivity index (χ1n) is 8.76. The first-order valence-corrected chi connectivity index (χ1v) is 9.55. The largest absolute Gasteiger partial charge is 0.337 e. The van der Waals surface area contributed by atoms with E-state index in [0.717, 1.165) is 15.7 Å². The number of fused-ring (bicyclic) bond motifs is 1. The molecule has 0 saturated heterocycles. The van der Waals surface area contributed by atoms with Crippen LogP contribution in [0.15, 0.2) is 80.9 Å². The number of rotatable bonds is 4. The van der Waals surface area contributed by atoms with Crippen LogP contribution in [0.4, 0.5) is 0 Å². The second kappa shape index (κ2) is 7.10. The van der Waals surface area contributed by atoms with E-state index in [1.54, 1.807) is 4.68 Å². The number of hydrogen-bond donors (Lipinski definition) is 0. The van der Waals surface area contributed by atoms with Crippen LogP contribution in [0.5, 0.6) is 0 Å².